The van der Waals surface area contributed by atoms with Crippen molar-refractivity contribution in [2.45, 2.75) is 71.5 Å². The second-order valence-corrected chi connectivity index (χ2v) is 11.4. The third kappa shape index (κ3) is 2.33. The number of halogens is 1. The number of hydrogen-bond donors (Lipinski definition) is 0. The predicted molar refractivity (Wildman–Crippen MR) is 108 cm³/mol. The molecule has 0 bridgehead atoms. The zero-order chi connectivity index (χ0) is 17.4. The zero-order valence-electron chi connectivity index (χ0n) is 16.0. The summed E-state index contributed by atoms with van der Waals surface area (Å²) in [5, 5.41) is 0. The zero-order valence-corrected chi connectivity index (χ0v) is 18.2. The normalized spacial score (nSPS) is 53.9. The van der Waals surface area contributed by atoms with Crippen LogP contribution in [0.1, 0.15) is 65.7 Å². The number of ether oxygens (including phenoxy) is 2. The summed E-state index contributed by atoms with van der Waals surface area (Å²) in [4.78, 5) is 0. The first-order valence-corrected chi connectivity index (χ1v) is 11.6. The van der Waals surface area contributed by atoms with Gasteiger partial charge in [-0.15, -0.1) is 0 Å². The number of rotatable bonds is 0. The smallest absolute Gasteiger partial charge is 0.168 e. The molecular weight excluding hydrogens is 423 g/mol. The summed E-state index contributed by atoms with van der Waals surface area (Å²) in [7, 11) is 0. The Hall–Kier alpha value is 0.390. The Morgan fingerprint density at radius 1 is 1.04 bits per heavy atom. The molecule has 1 spiro atoms. The molecule has 0 amide bonds. The first kappa shape index (κ1) is 17.5. The molecule has 0 aromatic heterocycles. The highest BCUT2D eigenvalue weighted by Gasteiger charge is 2.62. The fourth-order valence-corrected chi connectivity index (χ4v) is 8.85. The van der Waals surface area contributed by atoms with E-state index in [2.05, 4.69) is 49.4 Å². The van der Waals surface area contributed by atoms with Crippen molar-refractivity contribution < 1.29 is 9.47 Å². The van der Waals surface area contributed by atoms with Gasteiger partial charge in [0.25, 0.3) is 0 Å². The van der Waals surface area contributed by atoms with Crippen LogP contribution in [0.25, 0.3) is 0 Å². The monoisotopic (exact) mass is 456 g/mol. The van der Waals surface area contributed by atoms with E-state index >= 15 is 0 Å². The van der Waals surface area contributed by atoms with Gasteiger partial charge in [-0.05, 0) is 93.3 Å². The van der Waals surface area contributed by atoms with Gasteiger partial charge in [0.15, 0.2) is 5.79 Å². The summed E-state index contributed by atoms with van der Waals surface area (Å²) in [5.41, 5.74) is 0.983. The lowest BCUT2D eigenvalue weighted by molar-refractivity contribution is -0.237. The van der Waals surface area contributed by atoms with Gasteiger partial charge in [0.2, 0.25) is 0 Å². The maximum Gasteiger partial charge on any atom is 0.168 e. The van der Waals surface area contributed by atoms with Crippen LogP contribution in [0.4, 0.5) is 0 Å². The van der Waals surface area contributed by atoms with E-state index in [1.165, 1.54) is 32.1 Å². The van der Waals surface area contributed by atoms with Crippen molar-refractivity contribution >= 4 is 22.6 Å². The van der Waals surface area contributed by atoms with Gasteiger partial charge in [-0.25, -0.2) is 0 Å². The Morgan fingerprint density at radius 3 is 2.56 bits per heavy atom. The lowest BCUT2D eigenvalue weighted by Gasteiger charge is -2.63. The van der Waals surface area contributed by atoms with E-state index in [0.717, 1.165) is 55.6 Å². The number of hydrogen-bond acceptors (Lipinski definition) is 2. The first-order valence-electron chi connectivity index (χ1n) is 10.5. The van der Waals surface area contributed by atoms with E-state index in [4.69, 9.17) is 9.47 Å². The van der Waals surface area contributed by atoms with E-state index in [1.807, 2.05) is 0 Å². The lowest BCUT2D eigenvalue weighted by atomic mass is 9.43. The summed E-state index contributed by atoms with van der Waals surface area (Å²) in [6.07, 6.45) is 11.7. The van der Waals surface area contributed by atoms with Crippen LogP contribution >= 0.6 is 22.6 Å². The Balaban J connectivity index is 1.45. The Labute approximate surface area is 166 Å². The van der Waals surface area contributed by atoms with Gasteiger partial charge >= 0.3 is 0 Å². The van der Waals surface area contributed by atoms with Crippen LogP contribution in [0.15, 0.2) is 9.66 Å². The van der Waals surface area contributed by atoms with Crippen LogP contribution < -0.4 is 0 Å². The third-order valence-electron chi connectivity index (χ3n) is 9.34. The van der Waals surface area contributed by atoms with Crippen molar-refractivity contribution in [1.82, 2.24) is 0 Å². The van der Waals surface area contributed by atoms with E-state index in [1.54, 1.807) is 3.58 Å². The van der Waals surface area contributed by atoms with Crippen molar-refractivity contribution in [3.05, 3.63) is 9.66 Å². The second kappa shape index (κ2) is 5.70. The highest BCUT2D eigenvalue weighted by molar-refractivity contribution is 14.1. The van der Waals surface area contributed by atoms with Gasteiger partial charge in [0.05, 0.1) is 13.2 Å². The molecule has 0 N–H and O–H groups in total. The molecular formula is C22H33IO2. The molecule has 140 valence electrons. The van der Waals surface area contributed by atoms with Crippen LogP contribution in [-0.4, -0.2) is 19.0 Å². The van der Waals surface area contributed by atoms with Crippen molar-refractivity contribution in [1.29, 1.82) is 0 Å². The molecule has 1 saturated heterocycles. The molecule has 3 heteroatoms. The number of fused-ring (bicyclic) bond motifs is 5. The highest BCUT2D eigenvalue weighted by Crippen LogP contribution is 2.69. The lowest BCUT2D eigenvalue weighted by Crippen LogP contribution is -2.58. The average Bonchev–Trinajstić information content (AvgIpc) is 3.15. The second-order valence-electron chi connectivity index (χ2n) is 10.3. The molecule has 0 aromatic carbocycles. The minimum atomic E-state index is -0.223. The summed E-state index contributed by atoms with van der Waals surface area (Å²) >= 11 is 2.64. The van der Waals surface area contributed by atoms with Gasteiger partial charge in [0, 0.05) is 18.3 Å². The molecule has 5 rings (SSSR count). The van der Waals surface area contributed by atoms with Crippen molar-refractivity contribution in [3.63, 3.8) is 0 Å². The molecule has 2 unspecified atom stereocenters. The van der Waals surface area contributed by atoms with Crippen molar-refractivity contribution in [2.75, 3.05) is 13.2 Å². The summed E-state index contributed by atoms with van der Waals surface area (Å²) < 4.78 is 13.9. The third-order valence-corrected chi connectivity index (χ3v) is 11.0. The minimum Gasteiger partial charge on any atom is -0.348 e. The maximum atomic E-state index is 6.13. The quantitative estimate of drug-likeness (QED) is 0.420. The molecule has 5 aliphatic rings. The Bertz CT molecular complexity index is 595. The van der Waals surface area contributed by atoms with Crippen LogP contribution in [-0.2, 0) is 9.47 Å². The molecule has 1 aliphatic heterocycles. The van der Waals surface area contributed by atoms with E-state index < -0.39 is 0 Å². The Morgan fingerprint density at radius 2 is 1.80 bits per heavy atom. The largest absolute Gasteiger partial charge is 0.348 e. The number of allylic oxidation sites excluding steroid dienone is 2. The van der Waals surface area contributed by atoms with Crippen LogP contribution in [0.2, 0.25) is 0 Å². The van der Waals surface area contributed by atoms with Crippen molar-refractivity contribution in [2.24, 2.45) is 40.4 Å². The fourth-order valence-electron chi connectivity index (χ4n) is 7.93. The van der Waals surface area contributed by atoms with Gasteiger partial charge in [-0.3, -0.25) is 0 Å². The fraction of sp³-hybridized carbons (Fsp3) is 0.909. The van der Waals surface area contributed by atoms with E-state index in [-0.39, 0.29) is 5.79 Å². The first-order chi connectivity index (χ1) is 11.9. The molecule has 3 saturated carbocycles. The van der Waals surface area contributed by atoms with Gasteiger partial charge in [0.1, 0.15) is 0 Å². The summed E-state index contributed by atoms with van der Waals surface area (Å²) in [6.45, 7) is 9.34. The van der Waals surface area contributed by atoms with Crippen molar-refractivity contribution in [3.8, 4) is 0 Å². The van der Waals surface area contributed by atoms with Crippen LogP contribution in [0.5, 0.6) is 0 Å². The molecule has 1 heterocycles. The van der Waals surface area contributed by atoms with Gasteiger partial charge in [-0.1, -0.05) is 26.8 Å². The highest BCUT2D eigenvalue weighted by atomic mass is 127. The van der Waals surface area contributed by atoms with Crippen LogP contribution in [0.3, 0.4) is 0 Å². The standard InChI is InChI=1S/C22H33IO2/c1-14-12-15-16-4-5-19(23)21(16,3)7-6-17(15)20(2)8-9-22(13-18(14)20)24-10-11-25-22/h5,14-18H,4,6-13H2,1-3H3/t14?,15-,16-,17-,18?,20+,21-/m0/s1. The molecule has 4 aliphatic carbocycles. The molecule has 4 fully saturated rings. The summed E-state index contributed by atoms with van der Waals surface area (Å²) in [6, 6.07) is 0. The molecule has 0 radical (unpaired) electrons. The molecule has 2 nitrogen and oxygen atoms in total. The van der Waals surface area contributed by atoms with Gasteiger partial charge < -0.3 is 9.47 Å². The molecule has 25 heavy (non-hydrogen) atoms. The predicted octanol–water partition coefficient (Wildman–Crippen LogP) is 5.95. The van der Waals surface area contributed by atoms with Gasteiger partial charge in [-0.2, -0.15) is 0 Å². The molecule has 0 aromatic rings. The summed E-state index contributed by atoms with van der Waals surface area (Å²) in [5.74, 6) is 4.10. The average molecular weight is 456 g/mol. The van der Waals surface area contributed by atoms with E-state index in [9.17, 15) is 0 Å². The molecule has 7 atom stereocenters. The van der Waals surface area contributed by atoms with E-state index in [0.29, 0.717) is 10.8 Å². The van der Waals surface area contributed by atoms with Crippen LogP contribution in [0, 0.1) is 40.4 Å². The SMILES string of the molecule is CC1C[C@@H]2[C@H](CC[C@]3(C)C(I)=CC[C@@H]23)[C@@]2(C)CCC3(CC12)OCCO3. The topological polar surface area (TPSA) is 18.5 Å². The Kier molecular flexibility index (Phi) is 3.99. The maximum absolute atomic E-state index is 6.13. The minimum absolute atomic E-state index is 0.223.